The number of aryl methyl sites for hydroxylation is 2. The molecule has 1 fully saturated rings. The number of rotatable bonds is 4. The topological polar surface area (TPSA) is 88.3 Å². The van der Waals surface area contributed by atoms with E-state index in [0.29, 0.717) is 6.54 Å². The van der Waals surface area contributed by atoms with Gasteiger partial charge in [-0.25, -0.2) is 4.98 Å². The Balaban J connectivity index is 1.62. The summed E-state index contributed by atoms with van der Waals surface area (Å²) in [6, 6.07) is 0.0442. The van der Waals surface area contributed by atoms with E-state index < -0.39 is 0 Å². The van der Waals surface area contributed by atoms with Gasteiger partial charge in [-0.3, -0.25) is 14.5 Å². The van der Waals surface area contributed by atoms with Crippen LogP contribution in [0.15, 0.2) is 0 Å². The fourth-order valence-corrected chi connectivity index (χ4v) is 4.64. The van der Waals surface area contributed by atoms with Crippen LogP contribution >= 0.6 is 11.3 Å². The molecule has 0 spiro atoms. The molecule has 2 unspecified atom stereocenters. The molecule has 23 heavy (non-hydrogen) atoms. The van der Waals surface area contributed by atoms with Crippen LogP contribution in [-0.2, 0) is 16.0 Å². The van der Waals surface area contributed by atoms with Crippen molar-refractivity contribution in [2.45, 2.75) is 45.1 Å². The first-order valence-electron chi connectivity index (χ1n) is 8.30. The molecule has 1 aliphatic heterocycles. The third kappa shape index (κ3) is 3.90. The van der Waals surface area contributed by atoms with Gasteiger partial charge in [-0.2, -0.15) is 0 Å². The van der Waals surface area contributed by atoms with Crippen molar-refractivity contribution in [1.82, 2.24) is 15.2 Å². The van der Waals surface area contributed by atoms with Crippen LogP contribution in [0, 0.1) is 12.8 Å². The summed E-state index contributed by atoms with van der Waals surface area (Å²) in [5.41, 5.74) is 6.33. The highest BCUT2D eigenvalue weighted by Crippen LogP contribution is 2.33. The van der Waals surface area contributed by atoms with Crippen LogP contribution in [0.25, 0.3) is 0 Å². The summed E-state index contributed by atoms with van der Waals surface area (Å²) in [5.74, 6) is -0.309. The number of hydrogen-bond donors (Lipinski definition) is 2. The van der Waals surface area contributed by atoms with Crippen molar-refractivity contribution in [3.8, 4) is 0 Å². The number of nitrogens with zero attached hydrogens (tertiary/aromatic N) is 2. The second-order valence-corrected chi connectivity index (χ2v) is 7.82. The summed E-state index contributed by atoms with van der Waals surface area (Å²) < 4.78 is 0. The third-order valence-corrected chi connectivity index (χ3v) is 5.68. The summed E-state index contributed by atoms with van der Waals surface area (Å²) in [6.07, 6.45) is 4.93. The Morgan fingerprint density at radius 3 is 3.00 bits per heavy atom. The van der Waals surface area contributed by atoms with E-state index in [1.807, 2.05) is 11.8 Å². The van der Waals surface area contributed by atoms with Crippen molar-refractivity contribution < 1.29 is 9.59 Å². The van der Waals surface area contributed by atoms with Gasteiger partial charge in [-0.1, -0.05) is 0 Å². The first-order chi connectivity index (χ1) is 11.0. The molecule has 2 atom stereocenters. The number of fused-ring (bicyclic) bond motifs is 1. The Hall–Kier alpha value is -1.47. The van der Waals surface area contributed by atoms with Crippen molar-refractivity contribution in [2.24, 2.45) is 11.7 Å². The number of amides is 2. The second kappa shape index (κ2) is 6.97. The molecule has 7 heteroatoms. The number of piperidine rings is 1. The lowest BCUT2D eigenvalue weighted by Gasteiger charge is -2.32. The van der Waals surface area contributed by atoms with E-state index >= 15 is 0 Å². The lowest BCUT2D eigenvalue weighted by atomic mass is 9.94. The number of primary amides is 1. The zero-order chi connectivity index (χ0) is 16.4. The number of thiazole rings is 1. The average Bonchev–Trinajstić information content (AvgIpc) is 2.88. The minimum atomic E-state index is -0.332. The minimum absolute atomic E-state index is 0.0442. The zero-order valence-electron chi connectivity index (χ0n) is 13.5. The van der Waals surface area contributed by atoms with E-state index in [1.54, 1.807) is 11.3 Å². The first-order valence-corrected chi connectivity index (χ1v) is 9.12. The van der Waals surface area contributed by atoms with Crippen LogP contribution < -0.4 is 11.1 Å². The van der Waals surface area contributed by atoms with Crippen molar-refractivity contribution >= 4 is 23.2 Å². The number of nitrogens with two attached hydrogens (primary N) is 1. The van der Waals surface area contributed by atoms with Crippen molar-refractivity contribution in [3.63, 3.8) is 0 Å². The predicted octanol–water partition coefficient (Wildman–Crippen LogP) is 1.14. The molecule has 3 rings (SSSR count). The standard InChI is InChI=1S/C16H24N4O2S/c1-10-18-15-12(5-2-6-13(15)23-10)19-16(22)11-4-3-7-20(8-11)9-14(17)21/h11-12H,2-9H2,1H3,(H2,17,21)(H,19,22). The number of aromatic nitrogens is 1. The summed E-state index contributed by atoms with van der Waals surface area (Å²) in [7, 11) is 0. The van der Waals surface area contributed by atoms with Gasteiger partial charge >= 0.3 is 0 Å². The van der Waals surface area contributed by atoms with Crippen molar-refractivity contribution in [3.05, 3.63) is 15.6 Å². The highest BCUT2D eigenvalue weighted by molar-refractivity contribution is 7.11. The second-order valence-electron chi connectivity index (χ2n) is 6.54. The molecule has 0 aromatic carbocycles. The molecule has 126 valence electrons. The van der Waals surface area contributed by atoms with Gasteiger partial charge in [0.1, 0.15) is 0 Å². The highest BCUT2D eigenvalue weighted by Gasteiger charge is 2.30. The minimum Gasteiger partial charge on any atom is -0.369 e. The number of nitrogens with one attached hydrogen (secondary N) is 1. The molecule has 1 saturated heterocycles. The molecule has 3 N–H and O–H groups in total. The smallest absolute Gasteiger partial charge is 0.231 e. The van der Waals surface area contributed by atoms with E-state index in [9.17, 15) is 9.59 Å². The Kier molecular flexibility index (Phi) is 4.96. The molecular formula is C16H24N4O2S. The Labute approximate surface area is 140 Å². The number of carbonyl (C=O) groups is 2. The van der Waals surface area contributed by atoms with E-state index in [1.165, 1.54) is 4.88 Å². The molecule has 1 aliphatic carbocycles. The Morgan fingerprint density at radius 1 is 1.39 bits per heavy atom. The van der Waals surface area contributed by atoms with Gasteiger partial charge in [0, 0.05) is 11.4 Å². The molecule has 1 aromatic rings. The number of likely N-dealkylation sites (tertiary alicyclic amines) is 1. The fraction of sp³-hybridized carbons (Fsp3) is 0.688. The zero-order valence-corrected chi connectivity index (χ0v) is 14.3. The molecule has 1 aromatic heterocycles. The van der Waals surface area contributed by atoms with Crippen LogP contribution in [0.4, 0.5) is 0 Å². The van der Waals surface area contributed by atoms with E-state index in [0.717, 1.165) is 49.4 Å². The molecule has 0 radical (unpaired) electrons. The summed E-state index contributed by atoms with van der Waals surface area (Å²) in [4.78, 5) is 31.6. The Bertz CT molecular complexity index is 601. The summed E-state index contributed by atoms with van der Waals surface area (Å²) in [6.45, 7) is 3.71. The van der Waals surface area contributed by atoms with Gasteiger partial charge in [-0.05, 0) is 45.6 Å². The van der Waals surface area contributed by atoms with E-state index in [-0.39, 0.29) is 30.3 Å². The van der Waals surface area contributed by atoms with Crippen LogP contribution in [0.3, 0.4) is 0 Å². The molecule has 2 aliphatic rings. The maximum atomic E-state index is 12.6. The van der Waals surface area contributed by atoms with Gasteiger partial charge in [0.05, 0.1) is 29.2 Å². The van der Waals surface area contributed by atoms with E-state index in [2.05, 4.69) is 10.3 Å². The largest absolute Gasteiger partial charge is 0.369 e. The van der Waals surface area contributed by atoms with Crippen LogP contribution in [0.5, 0.6) is 0 Å². The molecule has 0 saturated carbocycles. The maximum absolute atomic E-state index is 12.6. The van der Waals surface area contributed by atoms with Crippen LogP contribution in [-0.4, -0.2) is 41.3 Å². The van der Waals surface area contributed by atoms with Gasteiger partial charge < -0.3 is 11.1 Å². The fourth-order valence-electron chi connectivity index (χ4n) is 3.60. The monoisotopic (exact) mass is 336 g/mol. The quantitative estimate of drug-likeness (QED) is 0.863. The van der Waals surface area contributed by atoms with Crippen LogP contribution in [0.2, 0.25) is 0 Å². The summed E-state index contributed by atoms with van der Waals surface area (Å²) in [5, 5.41) is 4.27. The molecular weight excluding hydrogens is 312 g/mol. The third-order valence-electron chi connectivity index (χ3n) is 4.63. The van der Waals surface area contributed by atoms with Gasteiger partial charge in [0.15, 0.2) is 0 Å². The lowest BCUT2D eigenvalue weighted by Crippen LogP contribution is -2.46. The highest BCUT2D eigenvalue weighted by atomic mass is 32.1. The number of carbonyl (C=O) groups excluding carboxylic acids is 2. The Morgan fingerprint density at radius 2 is 2.22 bits per heavy atom. The van der Waals surface area contributed by atoms with Gasteiger partial charge in [-0.15, -0.1) is 11.3 Å². The van der Waals surface area contributed by atoms with Gasteiger partial charge in [0.2, 0.25) is 11.8 Å². The lowest BCUT2D eigenvalue weighted by molar-refractivity contribution is -0.129. The molecule has 0 bridgehead atoms. The average molecular weight is 336 g/mol. The molecule has 6 nitrogen and oxygen atoms in total. The normalized spacial score (nSPS) is 24.9. The molecule has 2 heterocycles. The summed E-state index contributed by atoms with van der Waals surface area (Å²) >= 11 is 1.74. The van der Waals surface area contributed by atoms with Crippen LogP contribution in [0.1, 0.15) is 47.3 Å². The van der Waals surface area contributed by atoms with Gasteiger partial charge in [0.25, 0.3) is 0 Å². The molecule has 2 amide bonds. The van der Waals surface area contributed by atoms with Crippen molar-refractivity contribution in [1.29, 1.82) is 0 Å². The maximum Gasteiger partial charge on any atom is 0.231 e. The predicted molar refractivity (Wildman–Crippen MR) is 89.0 cm³/mol. The SMILES string of the molecule is Cc1nc2c(s1)CCCC2NC(=O)C1CCCN(CC(N)=O)C1. The van der Waals surface area contributed by atoms with Crippen molar-refractivity contribution in [2.75, 3.05) is 19.6 Å². The van der Waals surface area contributed by atoms with E-state index in [4.69, 9.17) is 5.73 Å². The number of hydrogen-bond acceptors (Lipinski definition) is 5. The first kappa shape index (κ1) is 16.4.